The van der Waals surface area contributed by atoms with Crippen LogP contribution in [-0.2, 0) is 9.47 Å². The van der Waals surface area contributed by atoms with Crippen LogP contribution in [0.4, 0.5) is 0 Å². The van der Waals surface area contributed by atoms with Gasteiger partial charge in [-0.3, -0.25) is 9.59 Å². The first-order chi connectivity index (χ1) is 18.5. The molecule has 0 radical (unpaired) electrons. The third-order valence-corrected chi connectivity index (χ3v) is 7.97. The first-order valence-electron chi connectivity index (χ1n) is 11.7. The van der Waals surface area contributed by atoms with Crippen molar-refractivity contribution in [1.82, 2.24) is 10.6 Å². The SMILES string of the molecule is O=C1NC(c2ccccc2)COC(=O)c2ccc(s2)C(=O)OCC(c2ccccc2)NC(=O)c2ccc1s2. The van der Waals surface area contributed by atoms with E-state index in [0.717, 1.165) is 33.8 Å². The summed E-state index contributed by atoms with van der Waals surface area (Å²) in [6.45, 7) is -0.243. The Morgan fingerprint density at radius 2 is 0.895 bits per heavy atom. The van der Waals surface area contributed by atoms with E-state index in [1.54, 1.807) is 12.1 Å². The van der Waals surface area contributed by atoms with Crippen LogP contribution in [-0.4, -0.2) is 37.0 Å². The van der Waals surface area contributed by atoms with E-state index in [1.165, 1.54) is 12.1 Å². The zero-order chi connectivity index (χ0) is 26.5. The quantitative estimate of drug-likeness (QED) is 0.350. The summed E-state index contributed by atoms with van der Waals surface area (Å²) in [6, 6.07) is 23.1. The molecule has 0 saturated heterocycles. The monoisotopic (exact) mass is 546 g/mol. The Balaban J connectivity index is 1.47. The fraction of sp³-hybridized carbons (Fsp3) is 0.143. The standard InChI is InChI=1S/C28H22N2O6S2/c31-25-21-11-12-22(37-21)26(32)30-20(18-9-5-2-6-10-18)16-36-28(34)24-14-13-23(38-24)27(33)35-15-19(29-25)17-7-3-1-4-8-17/h1-14,19-20H,15-16H2,(H,29,31)(H,30,32). The third-order valence-electron chi connectivity index (χ3n) is 5.84. The highest BCUT2D eigenvalue weighted by molar-refractivity contribution is 7.16. The lowest BCUT2D eigenvalue weighted by Gasteiger charge is -2.19. The Kier molecular flexibility index (Phi) is 7.62. The summed E-state index contributed by atoms with van der Waals surface area (Å²) in [6.07, 6.45) is 0. The summed E-state index contributed by atoms with van der Waals surface area (Å²) in [5.41, 5.74) is 1.50. The van der Waals surface area contributed by atoms with E-state index in [4.69, 9.17) is 9.47 Å². The fourth-order valence-corrected chi connectivity index (χ4v) is 5.48. The Morgan fingerprint density at radius 1 is 0.526 bits per heavy atom. The predicted molar refractivity (Wildman–Crippen MR) is 143 cm³/mol. The van der Waals surface area contributed by atoms with Gasteiger partial charge in [-0.15, -0.1) is 22.7 Å². The Morgan fingerprint density at radius 3 is 1.32 bits per heavy atom. The van der Waals surface area contributed by atoms with Gasteiger partial charge >= 0.3 is 11.9 Å². The smallest absolute Gasteiger partial charge is 0.348 e. The molecule has 2 aromatic carbocycles. The molecule has 10 heteroatoms. The zero-order valence-corrected chi connectivity index (χ0v) is 21.6. The van der Waals surface area contributed by atoms with Crippen molar-refractivity contribution >= 4 is 46.4 Å². The lowest BCUT2D eigenvalue weighted by Crippen LogP contribution is -2.32. The van der Waals surface area contributed by atoms with Crippen LogP contribution in [0.1, 0.15) is 61.9 Å². The maximum Gasteiger partial charge on any atom is 0.348 e. The molecule has 3 heterocycles. The molecular weight excluding hydrogens is 524 g/mol. The molecular formula is C28H22N2O6S2. The molecule has 0 saturated carbocycles. The minimum atomic E-state index is -0.627. The Bertz CT molecular complexity index is 1360. The molecule has 38 heavy (non-hydrogen) atoms. The van der Waals surface area contributed by atoms with Crippen LogP contribution in [0.25, 0.3) is 0 Å². The van der Waals surface area contributed by atoms with E-state index in [0.29, 0.717) is 9.75 Å². The van der Waals surface area contributed by atoms with E-state index in [2.05, 4.69) is 10.6 Å². The fourth-order valence-electron chi connectivity index (χ4n) is 3.87. The van der Waals surface area contributed by atoms with Gasteiger partial charge in [-0.1, -0.05) is 60.7 Å². The van der Waals surface area contributed by atoms with Crippen molar-refractivity contribution < 1.29 is 28.7 Å². The molecule has 0 spiro atoms. The number of carbonyl (C=O) groups excluding carboxylic acids is 4. The van der Waals surface area contributed by atoms with E-state index < -0.39 is 35.8 Å². The van der Waals surface area contributed by atoms with Gasteiger partial charge < -0.3 is 20.1 Å². The molecule has 1 aliphatic rings. The molecule has 1 aliphatic heterocycles. The van der Waals surface area contributed by atoms with E-state index >= 15 is 0 Å². The molecule has 2 aromatic heterocycles. The number of amides is 2. The molecule has 2 atom stereocenters. The zero-order valence-electron chi connectivity index (χ0n) is 19.9. The molecule has 192 valence electrons. The molecule has 8 nitrogen and oxygen atoms in total. The number of hydrogen-bond acceptors (Lipinski definition) is 8. The van der Waals surface area contributed by atoms with Gasteiger partial charge in [0.25, 0.3) is 11.8 Å². The number of thiophene rings is 2. The average Bonchev–Trinajstić information content (AvgIpc) is 3.64. The number of ether oxygens (including phenoxy) is 2. The van der Waals surface area contributed by atoms with Gasteiger partial charge in [0.15, 0.2) is 0 Å². The molecule has 2 N–H and O–H groups in total. The highest BCUT2D eigenvalue weighted by atomic mass is 32.1. The van der Waals surface area contributed by atoms with Crippen LogP contribution >= 0.6 is 22.7 Å². The largest absolute Gasteiger partial charge is 0.459 e. The lowest BCUT2D eigenvalue weighted by atomic mass is 10.1. The predicted octanol–water partition coefficient (Wildman–Crippen LogP) is 4.78. The van der Waals surface area contributed by atoms with Crippen LogP contribution in [0.3, 0.4) is 0 Å². The van der Waals surface area contributed by atoms with Crippen molar-refractivity contribution in [2.24, 2.45) is 0 Å². The van der Waals surface area contributed by atoms with Gasteiger partial charge in [0, 0.05) is 0 Å². The Labute approximate surface area is 226 Å². The first-order valence-corrected chi connectivity index (χ1v) is 13.4. The summed E-state index contributed by atoms with van der Waals surface area (Å²) < 4.78 is 11.0. The lowest BCUT2D eigenvalue weighted by molar-refractivity contribution is 0.0458. The van der Waals surface area contributed by atoms with Gasteiger partial charge in [-0.2, -0.15) is 0 Å². The Hall–Kier alpha value is -4.28. The maximum absolute atomic E-state index is 13.1. The van der Waals surface area contributed by atoms with Gasteiger partial charge in [0.1, 0.15) is 23.0 Å². The van der Waals surface area contributed by atoms with Crippen LogP contribution in [0, 0.1) is 0 Å². The minimum Gasteiger partial charge on any atom is -0.459 e. The van der Waals surface area contributed by atoms with Gasteiger partial charge in [-0.25, -0.2) is 9.59 Å². The highest BCUT2D eigenvalue weighted by Gasteiger charge is 2.24. The summed E-state index contributed by atoms with van der Waals surface area (Å²) >= 11 is 1.99. The normalized spacial score (nSPS) is 18.8. The third kappa shape index (κ3) is 5.82. The van der Waals surface area contributed by atoms with Crippen LogP contribution in [0.2, 0.25) is 0 Å². The summed E-state index contributed by atoms with van der Waals surface area (Å²) in [4.78, 5) is 52.8. The van der Waals surface area contributed by atoms with E-state index in [9.17, 15) is 19.2 Å². The molecule has 2 unspecified atom stereocenters. The number of carbonyl (C=O) groups is 4. The maximum atomic E-state index is 13.1. The number of hydrogen-bond donors (Lipinski definition) is 2. The van der Waals surface area contributed by atoms with Crippen molar-refractivity contribution in [2.75, 3.05) is 13.2 Å². The average molecular weight is 547 g/mol. The number of rotatable bonds is 2. The summed E-state index contributed by atoms with van der Waals surface area (Å²) in [7, 11) is 0. The van der Waals surface area contributed by atoms with Crippen molar-refractivity contribution in [2.45, 2.75) is 12.1 Å². The molecule has 0 fully saturated rings. The molecule has 0 aliphatic carbocycles. The summed E-state index contributed by atoms with van der Waals surface area (Å²) in [5, 5.41) is 5.80. The van der Waals surface area contributed by atoms with Gasteiger partial charge in [0.05, 0.1) is 21.8 Å². The number of benzene rings is 2. The molecule has 4 aromatic rings. The highest BCUT2D eigenvalue weighted by Crippen LogP contribution is 2.24. The molecule has 2 amide bonds. The topological polar surface area (TPSA) is 111 Å². The van der Waals surface area contributed by atoms with Crippen LogP contribution < -0.4 is 10.6 Å². The molecule has 4 bridgehead atoms. The second-order valence-electron chi connectivity index (χ2n) is 8.40. The van der Waals surface area contributed by atoms with E-state index in [1.807, 2.05) is 60.7 Å². The van der Waals surface area contributed by atoms with Gasteiger partial charge in [-0.05, 0) is 35.4 Å². The second-order valence-corrected chi connectivity index (χ2v) is 10.6. The van der Waals surface area contributed by atoms with Crippen molar-refractivity contribution in [3.8, 4) is 0 Å². The van der Waals surface area contributed by atoms with Crippen molar-refractivity contribution in [3.05, 3.63) is 116 Å². The first kappa shape index (κ1) is 25.4. The number of esters is 2. The molecule has 5 rings (SSSR count). The number of cyclic esters (lactones) is 2. The summed E-state index contributed by atoms with van der Waals surface area (Å²) in [5.74, 6) is -2.02. The van der Waals surface area contributed by atoms with Crippen LogP contribution in [0.15, 0.2) is 84.9 Å². The second kappa shape index (κ2) is 11.4. The number of fused-ring (bicyclic) bond motifs is 4. The van der Waals surface area contributed by atoms with Crippen LogP contribution in [0.5, 0.6) is 0 Å². The minimum absolute atomic E-state index is 0.121. The van der Waals surface area contributed by atoms with Crippen molar-refractivity contribution in [1.29, 1.82) is 0 Å². The van der Waals surface area contributed by atoms with Crippen molar-refractivity contribution in [3.63, 3.8) is 0 Å². The van der Waals surface area contributed by atoms with Gasteiger partial charge in [0.2, 0.25) is 0 Å². The number of nitrogens with one attached hydrogen (secondary N) is 2. The van der Waals surface area contributed by atoms with E-state index in [-0.39, 0.29) is 23.0 Å².